The highest BCUT2D eigenvalue weighted by Crippen LogP contribution is 2.30. The van der Waals surface area contributed by atoms with Crippen LogP contribution in [0.3, 0.4) is 0 Å². The van der Waals surface area contributed by atoms with Crippen molar-refractivity contribution < 1.29 is 14.7 Å². The third kappa shape index (κ3) is 6.18. The number of likely N-dealkylation sites (N-methyl/N-ethyl adjacent to an activating group) is 1. The molecule has 1 unspecified atom stereocenters. The standard InChI is InChI=1S/C28H35N3O3/c1-5-6-7-8-10-20-11-9-12-22(15-20)27(33)29-23-14-13-21-16-24(18-32)30-28(34)26(19(2)3)31(4)25(21)17-23/h9,11-15,17,19,24,26,32H,5-7,16,18H2,1-4H3,(H,29,33)(H,30,34)/t24?,26-/m0/s1. The van der Waals surface area contributed by atoms with Crippen molar-refractivity contribution in [3.8, 4) is 11.8 Å². The van der Waals surface area contributed by atoms with Gasteiger partial charge in [0.05, 0.1) is 12.6 Å². The first-order chi connectivity index (χ1) is 16.3. The van der Waals surface area contributed by atoms with Crippen LogP contribution in [0.1, 0.15) is 61.5 Å². The Morgan fingerprint density at radius 1 is 1.26 bits per heavy atom. The summed E-state index contributed by atoms with van der Waals surface area (Å²) in [6, 6.07) is 12.3. The molecule has 2 atom stereocenters. The summed E-state index contributed by atoms with van der Waals surface area (Å²) < 4.78 is 0. The first-order valence-corrected chi connectivity index (χ1v) is 12.0. The number of hydrogen-bond acceptors (Lipinski definition) is 4. The number of carbonyl (C=O) groups is 2. The van der Waals surface area contributed by atoms with E-state index >= 15 is 0 Å². The van der Waals surface area contributed by atoms with Gasteiger partial charge in [-0.3, -0.25) is 9.59 Å². The third-order valence-electron chi connectivity index (χ3n) is 6.09. The zero-order chi connectivity index (χ0) is 24.7. The summed E-state index contributed by atoms with van der Waals surface area (Å²) >= 11 is 0. The minimum atomic E-state index is -0.387. The maximum absolute atomic E-state index is 13.0. The Hall–Kier alpha value is -3.30. The second-order valence-corrected chi connectivity index (χ2v) is 9.18. The molecule has 0 aromatic heterocycles. The highest BCUT2D eigenvalue weighted by Gasteiger charge is 2.32. The Balaban J connectivity index is 1.85. The van der Waals surface area contributed by atoms with Gasteiger partial charge in [0.2, 0.25) is 5.91 Å². The summed E-state index contributed by atoms with van der Waals surface area (Å²) in [5.74, 6) is 6.04. The number of aliphatic hydroxyl groups excluding tert-OH is 1. The van der Waals surface area contributed by atoms with Crippen LogP contribution in [-0.4, -0.2) is 42.7 Å². The number of nitrogens with zero attached hydrogens (tertiary/aromatic N) is 1. The molecule has 2 aromatic rings. The second-order valence-electron chi connectivity index (χ2n) is 9.18. The van der Waals surface area contributed by atoms with Gasteiger partial charge in [-0.05, 0) is 54.7 Å². The highest BCUT2D eigenvalue weighted by atomic mass is 16.3. The van der Waals surface area contributed by atoms with Gasteiger partial charge in [-0.2, -0.15) is 0 Å². The van der Waals surface area contributed by atoms with Crippen molar-refractivity contribution >= 4 is 23.2 Å². The summed E-state index contributed by atoms with van der Waals surface area (Å²) in [5, 5.41) is 15.7. The van der Waals surface area contributed by atoms with Crippen molar-refractivity contribution in [3.63, 3.8) is 0 Å². The van der Waals surface area contributed by atoms with Gasteiger partial charge in [-0.15, -0.1) is 0 Å². The molecule has 0 aliphatic carbocycles. The van der Waals surface area contributed by atoms with E-state index in [1.165, 1.54) is 0 Å². The summed E-state index contributed by atoms with van der Waals surface area (Å²) in [7, 11) is 1.90. The largest absolute Gasteiger partial charge is 0.394 e. The van der Waals surface area contributed by atoms with E-state index in [0.717, 1.165) is 36.1 Å². The van der Waals surface area contributed by atoms with Gasteiger partial charge in [0.15, 0.2) is 0 Å². The van der Waals surface area contributed by atoms with Crippen LogP contribution in [0, 0.1) is 17.8 Å². The van der Waals surface area contributed by atoms with E-state index in [0.29, 0.717) is 17.7 Å². The quantitative estimate of drug-likeness (QED) is 0.449. The Bertz CT molecular complexity index is 1080. The molecule has 1 aliphatic heterocycles. The molecular formula is C28H35N3O3. The Morgan fingerprint density at radius 2 is 2.06 bits per heavy atom. The molecule has 0 bridgehead atoms. The zero-order valence-electron chi connectivity index (χ0n) is 20.5. The minimum absolute atomic E-state index is 0.0646. The Morgan fingerprint density at radius 3 is 2.76 bits per heavy atom. The lowest BCUT2D eigenvalue weighted by atomic mass is 9.95. The van der Waals surface area contributed by atoms with Gasteiger partial charge >= 0.3 is 0 Å². The lowest BCUT2D eigenvalue weighted by molar-refractivity contribution is -0.124. The van der Waals surface area contributed by atoms with Crippen LogP contribution in [0.25, 0.3) is 0 Å². The molecule has 34 heavy (non-hydrogen) atoms. The maximum Gasteiger partial charge on any atom is 0.255 e. The normalized spacial score (nSPS) is 17.7. The summed E-state index contributed by atoms with van der Waals surface area (Å²) in [5.41, 5.74) is 3.90. The van der Waals surface area contributed by atoms with Gasteiger partial charge in [0.1, 0.15) is 6.04 Å². The van der Waals surface area contributed by atoms with Crippen molar-refractivity contribution in [2.75, 3.05) is 23.9 Å². The predicted octanol–water partition coefficient (Wildman–Crippen LogP) is 3.97. The molecule has 0 fully saturated rings. The molecule has 2 amide bonds. The van der Waals surface area contributed by atoms with Gasteiger partial charge in [0.25, 0.3) is 5.91 Å². The SMILES string of the molecule is CCCCC#Cc1cccc(C(=O)Nc2ccc3c(c2)N(C)[C@@H](C(C)C)C(=O)NC(CO)C3)c1. The average molecular weight is 462 g/mol. The van der Waals surface area contributed by atoms with E-state index in [2.05, 4.69) is 29.4 Å². The van der Waals surface area contributed by atoms with E-state index in [4.69, 9.17) is 0 Å². The number of benzene rings is 2. The van der Waals surface area contributed by atoms with Crippen molar-refractivity contribution in [2.45, 2.75) is 58.5 Å². The molecule has 0 saturated heterocycles. The van der Waals surface area contributed by atoms with Gasteiger partial charge < -0.3 is 20.6 Å². The van der Waals surface area contributed by atoms with Crippen LogP contribution in [0.15, 0.2) is 42.5 Å². The molecule has 6 heteroatoms. The number of nitrogens with one attached hydrogen (secondary N) is 2. The van der Waals surface area contributed by atoms with Crippen LogP contribution in [0.5, 0.6) is 0 Å². The molecule has 0 saturated carbocycles. The Kier molecular flexibility index (Phi) is 8.72. The topological polar surface area (TPSA) is 81.7 Å². The number of anilines is 2. The number of rotatable bonds is 6. The fourth-order valence-electron chi connectivity index (χ4n) is 4.30. The van der Waals surface area contributed by atoms with Crippen LogP contribution in [0.4, 0.5) is 11.4 Å². The van der Waals surface area contributed by atoms with Crippen LogP contribution in [-0.2, 0) is 11.2 Å². The van der Waals surface area contributed by atoms with E-state index in [-0.39, 0.29) is 36.4 Å². The van der Waals surface area contributed by atoms with Crippen LogP contribution in [0.2, 0.25) is 0 Å². The van der Waals surface area contributed by atoms with E-state index in [1.807, 2.05) is 56.1 Å². The third-order valence-corrected chi connectivity index (χ3v) is 6.09. The number of amides is 2. The van der Waals surface area contributed by atoms with Crippen LogP contribution < -0.4 is 15.5 Å². The molecule has 0 radical (unpaired) electrons. The molecule has 1 heterocycles. The second kappa shape index (κ2) is 11.7. The summed E-state index contributed by atoms with van der Waals surface area (Å²) in [6.07, 6.45) is 3.54. The zero-order valence-corrected chi connectivity index (χ0v) is 20.5. The highest BCUT2D eigenvalue weighted by molar-refractivity contribution is 6.04. The first-order valence-electron chi connectivity index (χ1n) is 12.0. The number of hydrogen-bond donors (Lipinski definition) is 3. The molecule has 0 spiro atoms. The fourth-order valence-corrected chi connectivity index (χ4v) is 4.30. The first kappa shape index (κ1) is 25.3. The molecule has 6 nitrogen and oxygen atoms in total. The van der Waals surface area contributed by atoms with Crippen molar-refractivity contribution in [1.29, 1.82) is 0 Å². The molecule has 3 N–H and O–H groups in total. The minimum Gasteiger partial charge on any atom is -0.394 e. The lowest BCUT2D eigenvalue weighted by Crippen LogP contribution is -2.54. The number of unbranched alkanes of at least 4 members (excludes halogenated alkanes) is 2. The molecule has 180 valence electrons. The number of fused-ring (bicyclic) bond motifs is 1. The molecule has 3 rings (SSSR count). The number of aliphatic hydroxyl groups is 1. The maximum atomic E-state index is 13.0. The van der Waals surface area contributed by atoms with Crippen molar-refractivity contribution in [1.82, 2.24) is 5.32 Å². The molecule has 1 aliphatic rings. The lowest BCUT2D eigenvalue weighted by Gasteiger charge is -2.37. The van der Waals surface area contributed by atoms with Crippen molar-refractivity contribution in [3.05, 3.63) is 59.2 Å². The van der Waals surface area contributed by atoms with Gasteiger partial charge in [-0.25, -0.2) is 0 Å². The number of carbonyl (C=O) groups excluding carboxylic acids is 2. The van der Waals surface area contributed by atoms with Gasteiger partial charge in [0, 0.05) is 36.0 Å². The van der Waals surface area contributed by atoms with E-state index < -0.39 is 0 Å². The summed E-state index contributed by atoms with van der Waals surface area (Å²) in [4.78, 5) is 27.8. The fraction of sp³-hybridized carbons (Fsp3) is 0.429. The summed E-state index contributed by atoms with van der Waals surface area (Å²) in [6.45, 7) is 6.01. The predicted molar refractivity (Wildman–Crippen MR) is 137 cm³/mol. The monoisotopic (exact) mass is 461 g/mol. The average Bonchev–Trinajstić information content (AvgIpc) is 2.81. The molecule has 2 aromatic carbocycles. The smallest absolute Gasteiger partial charge is 0.255 e. The van der Waals surface area contributed by atoms with E-state index in [1.54, 1.807) is 12.1 Å². The van der Waals surface area contributed by atoms with Crippen LogP contribution >= 0.6 is 0 Å². The molecular weight excluding hydrogens is 426 g/mol. The van der Waals surface area contributed by atoms with Crippen molar-refractivity contribution in [2.24, 2.45) is 5.92 Å². The Labute approximate surface area is 202 Å². The van der Waals surface area contributed by atoms with Gasteiger partial charge in [-0.1, -0.05) is 51.2 Å². The van der Waals surface area contributed by atoms with E-state index in [9.17, 15) is 14.7 Å².